The molecule has 0 bridgehead atoms. The maximum absolute atomic E-state index is 12.4. The summed E-state index contributed by atoms with van der Waals surface area (Å²) < 4.78 is 17.2. The number of esters is 1. The summed E-state index contributed by atoms with van der Waals surface area (Å²) in [5.41, 5.74) is 7.19. The molecule has 0 amide bonds. The average Bonchev–Trinajstić information content (AvgIpc) is 3.50. The zero-order chi connectivity index (χ0) is 23.7. The number of carbonyl (C=O) groups excluding carboxylic acids is 1. The number of ether oxygens (including phenoxy) is 2. The summed E-state index contributed by atoms with van der Waals surface area (Å²) in [6.45, 7) is -0.0508. The zero-order valence-corrected chi connectivity index (χ0v) is 18.5. The molecule has 0 unspecified atom stereocenters. The molecular formula is C22H16N6O5S. The molecule has 0 fully saturated rings. The second-order valence-electron chi connectivity index (χ2n) is 7.02. The van der Waals surface area contributed by atoms with Gasteiger partial charge >= 0.3 is 11.6 Å². The molecule has 1 aromatic carbocycles. The fourth-order valence-corrected chi connectivity index (χ4v) is 4.03. The number of carbonyl (C=O) groups is 1. The second kappa shape index (κ2) is 8.75. The van der Waals surface area contributed by atoms with Gasteiger partial charge in [-0.3, -0.25) is 4.98 Å². The van der Waals surface area contributed by atoms with Gasteiger partial charge in [-0.1, -0.05) is 11.3 Å². The van der Waals surface area contributed by atoms with E-state index in [1.54, 1.807) is 42.6 Å². The van der Waals surface area contributed by atoms with Gasteiger partial charge < -0.3 is 19.6 Å². The third kappa shape index (κ3) is 4.09. The first-order chi connectivity index (χ1) is 16.5. The molecule has 11 nitrogen and oxygen atoms in total. The largest absolute Gasteiger partial charge is 0.470 e. The van der Waals surface area contributed by atoms with Crippen LogP contribution in [-0.2, 0) is 11.3 Å². The lowest BCUT2D eigenvalue weighted by Gasteiger charge is -2.03. The second-order valence-corrected chi connectivity index (χ2v) is 8.02. The first kappa shape index (κ1) is 21.3. The van der Waals surface area contributed by atoms with Crippen molar-refractivity contribution in [2.45, 2.75) is 6.61 Å². The lowest BCUT2D eigenvalue weighted by molar-refractivity contribution is 0.0600. The van der Waals surface area contributed by atoms with E-state index < -0.39 is 11.6 Å². The van der Waals surface area contributed by atoms with Crippen LogP contribution < -0.4 is 16.1 Å². The summed E-state index contributed by atoms with van der Waals surface area (Å²) in [7, 11) is 1.28. The number of thiazole rings is 1. The molecule has 0 saturated heterocycles. The van der Waals surface area contributed by atoms with Crippen LogP contribution in [0, 0.1) is 0 Å². The van der Waals surface area contributed by atoms with Gasteiger partial charge in [0.2, 0.25) is 5.88 Å². The van der Waals surface area contributed by atoms with Crippen LogP contribution >= 0.6 is 11.3 Å². The summed E-state index contributed by atoms with van der Waals surface area (Å²) in [6.07, 6.45) is 3.16. The van der Waals surface area contributed by atoms with Gasteiger partial charge in [-0.15, -0.1) is 16.4 Å². The first-order valence-electron chi connectivity index (χ1n) is 9.90. The predicted molar refractivity (Wildman–Crippen MR) is 123 cm³/mol. The van der Waals surface area contributed by atoms with E-state index in [0.717, 1.165) is 11.3 Å². The van der Waals surface area contributed by atoms with Crippen LogP contribution in [-0.4, -0.2) is 38.0 Å². The summed E-state index contributed by atoms with van der Waals surface area (Å²) in [6, 6.07) is 12.0. The lowest BCUT2D eigenvalue weighted by atomic mass is 10.2. The number of hydrogen-bond acceptors (Lipinski definition) is 11. The lowest BCUT2D eigenvalue weighted by Crippen LogP contribution is -2.10. The summed E-state index contributed by atoms with van der Waals surface area (Å²) in [5.74, 6) is -0.484. The van der Waals surface area contributed by atoms with E-state index in [0.29, 0.717) is 33.1 Å². The number of rotatable bonds is 6. The van der Waals surface area contributed by atoms with Gasteiger partial charge in [0.15, 0.2) is 10.6 Å². The number of hydrogen-bond donors (Lipinski definition) is 1. The average molecular weight is 476 g/mol. The van der Waals surface area contributed by atoms with Crippen molar-refractivity contribution in [3.05, 3.63) is 75.8 Å². The van der Waals surface area contributed by atoms with Gasteiger partial charge in [0.05, 0.1) is 19.0 Å². The molecule has 0 spiro atoms. The van der Waals surface area contributed by atoms with Crippen LogP contribution in [0.3, 0.4) is 0 Å². The number of anilines is 1. The van der Waals surface area contributed by atoms with E-state index in [4.69, 9.17) is 19.6 Å². The van der Waals surface area contributed by atoms with Gasteiger partial charge in [-0.25, -0.2) is 14.3 Å². The van der Waals surface area contributed by atoms with Crippen LogP contribution in [0.1, 0.15) is 15.4 Å². The summed E-state index contributed by atoms with van der Waals surface area (Å²) in [5, 5.41) is 9.22. The minimum absolute atomic E-state index is 0.0508. The highest BCUT2D eigenvalue weighted by Gasteiger charge is 2.22. The fourth-order valence-electron chi connectivity index (χ4n) is 3.13. The minimum Gasteiger partial charge on any atom is -0.470 e. The molecule has 0 radical (unpaired) electrons. The van der Waals surface area contributed by atoms with Crippen LogP contribution in [0.15, 0.2) is 64.1 Å². The number of methoxy groups -OCH3 is 1. The van der Waals surface area contributed by atoms with Crippen LogP contribution in [0.2, 0.25) is 0 Å². The molecule has 0 aliphatic rings. The summed E-state index contributed by atoms with van der Waals surface area (Å²) in [4.78, 5) is 33.5. The number of nitrogen functional groups attached to an aromatic ring is 1. The van der Waals surface area contributed by atoms with Gasteiger partial charge in [0.25, 0.3) is 0 Å². The molecule has 4 heterocycles. The van der Waals surface area contributed by atoms with Crippen LogP contribution in [0.5, 0.6) is 5.88 Å². The molecule has 0 aliphatic heterocycles. The van der Waals surface area contributed by atoms with E-state index in [1.165, 1.54) is 18.0 Å². The molecule has 4 aromatic heterocycles. The third-order valence-corrected chi connectivity index (χ3v) is 5.78. The molecule has 170 valence electrons. The number of nitrogens with zero attached hydrogens (tertiary/aromatic N) is 5. The summed E-state index contributed by atoms with van der Waals surface area (Å²) >= 11 is 1.11. The van der Waals surface area contributed by atoms with Crippen molar-refractivity contribution in [3.63, 3.8) is 0 Å². The highest BCUT2D eigenvalue weighted by atomic mass is 32.1. The van der Waals surface area contributed by atoms with Crippen LogP contribution in [0.25, 0.3) is 27.4 Å². The molecule has 5 rings (SSSR count). The molecule has 0 saturated carbocycles. The first-order valence-corrected chi connectivity index (χ1v) is 10.7. The van der Waals surface area contributed by atoms with Gasteiger partial charge in [-0.2, -0.15) is 4.98 Å². The van der Waals surface area contributed by atoms with Crippen LogP contribution in [0.4, 0.5) is 5.69 Å². The highest BCUT2D eigenvalue weighted by Crippen LogP contribution is 2.32. The van der Waals surface area contributed by atoms with Crippen molar-refractivity contribution in [1.29, 1.82) is 0 Å². The minimum atomic E-state index is -0.594. The standard InChI is InChI=1S/C22H16N6O5S/c1-31-22(30)18-19(25-20(34-18)15-4-2-3-7-24-15)32-11-14-10-28(27-26-14)16-8-12-5-6-13(23)9-17(12)33-21(16)29/h2-10H,11,23H2,1H3. The normalized spacial score (nSPS) is 11.0. The molecular weight excluding hydrogens is 460 g/mol. The highest BCUT2D eigenvalue weighted by molar-refractivity contribution is 7.17. The number of nitrogens with two attached hydrogens (primary N) is 1. The van der Waals surface area contributed by atoms with E-state index in [1.807, 2.05) is 6.07 Å². The van der Waals surface area contributed by atoms with Gasteiger partial charge in [-0.05, 0) is 30.3 Å². The molecule has 5 aromatic rings. The number of benzene rings is 1. The molecule has 0 aliphatic carbocycles. The SMILES string of the molecule is COC(=O)c1sc(-c2ccccn2)nc1OCc1cn(-c2cc3ccc(N)cc3oc2=O)nn1. The third-order valence-electron chi connectivity index (χ3n) is 4.74. The quantitative estimate of drug-likeness (QED) is 0.220. The van der Waals surface area contributed by atoms with Gasteiger partial charge in [0, 0.05) is 23.3 Å². The Bertz CT molecular complexity index is 1560. The molecule has 2 N–H and O–H groups in total. The van der Waals surface area contributed by atoms with Crippen molar-refractivity contribution < 1.29 is 18.7 Å². The number of pyridine rings is 1. The fraction of sp³-hybridized carbons (Fsp3) is 0.0909. The maximum Gasteiger partial charge on any atom is 0.362 e. The van der Waals surface area contributed by atoms with Gasteiger partial charge in [0.1, 0.15) is 22.9 Å². The zero-order valence-electron chi connectivity index (χ0n) is 17.7. The predicted octanol–water partition coefficient (Wildman–Crippen LogP) is 2.84. The van der Waals surface area contributed by atoms with E-state index in [-0.39, 0.29) is 23.1 Å². The molecule has 34 heavy (non-hydrogen) atoms. The Labute approximate surface area is 195 Å². The van der Waals surface area contributed by atoms with E-state index in [2.05, 4.69) is 20.3 Å². The van der Waals surface area contributed by atoms with E-state index >= 15 is 0 Å². The Hall–Kier alpha value is -4.58. The molecule has 12 heteroatoms. The Morgan fingerprint density at radius 1 is 1.24 bits per heavy atom. The Kier molecular flexibility index (Phi) is 5.47. The number of fused-ring (bicyclic) bond motifs is 1. The van der Waals surface area contributed by atoms with Crippen molar-refractivity contribution in [2.75, 3.05) is 12.8 Å². The van der Waals surface area contributed by atoms with Crippen molar-refractivity contribution >= 4 is 34.0 Å². The smallest absolute Gasteiger partial charge is 0.362 e. The van der Waals surface area contributed by atoms with Crippen molar-refractivity contribution in [2.24, 2.45) is 0 Å². The topological polar surface area (TPSA) is 148 Å². The Morgan fingerprint density at radius 3 is 2.91 bits per heavy atom. The monoisotopic (exact) mass is 476 g/mol. The Morgan fingerprint density at radius 2 is 2.12 bits per heavy atom. The molecule has 0 atom stereocenters. The maximum atomic E-state index is 12.4. The number of aromatic nitrogens is 5. The Balaban J connectivity index is 1.40. The van der Waals surface area contributed by atoms with Crippen molar-refractivity contribution in [1.82, 2.24) is 25.0 Å². The van der Waals surface area contributed by atoms with Crippen molar-refractivity contribution in [3.8, 4) is 22.3 Å². The van der Waals surface area contributed by atoms with E-state index in [9.17, 15) is 9.59 Å².